The first-order chi connectivity index (χ1) is 7.25. The van der Waals surface area contributed by atoms with Crippen molar-refractivity contribution in [2.45, 2.75) is 17.7 Å². The lowest BCUT2D eigenvalue weighted by Gasteiger charge is -2.00. The van der Waals surface area contributed by atoms with Crippen molar-refractivity contribution in [1.29, 1.82) is 0 Å². The summed E-state index contributed by atoms with van der Waals surface area (Å²) < 4.78 is 3.28. The highest BCUT2D eigenvalue weighted by molar-refractivity contribution is 8.01. The molecule has 0 aliphatic carbocycles. The molecule has 2 heterocycles. The van der Waals surface area contributed by atoms with E-state index in [0.717, 1.165) is 18.0 Å². The first-order valence-corrected chi connectivity index (χ1v) is 6.37. The number of anilines is 1. The highest BCUT2D eigenvalue weighted by Gasteiger charge is 2.05. The van der Waals surface area contributed by atoms with Gasteiger partial charge in [-0.15, -0.1) is 11.8 Å². The van der Waals surface area contributed by atoms with Gasteiger partial charge in [0.15, 0.2) is 5.13 Å². The lowest BCUT2D eigenvalue weighted by Crippen LogP contribution is -1.96. The van der Waals surface area contributed by atoms with Crippen molar-refractivity contribution < 1.29 is 0 Å². The minimum atomic E-state index is 0.651. The summed E-state index contributed by atoms with van der Waals surface area (Å²) in [5.74, 6) is 1.01. The fourth-order valence-corrected chi connectivity index (χ4v) is 3.25. The van der Waals surface area contributed by atoms with E-state index in [2.05, 4.69) is 14.5 Å². The number of rotatable bonds is 4. The summed E-state index contributed by atoms with van der Waals surface area (Å²) in [7, 11) is 0. The minimum absolute atomic E-state index is 0.651. The van der Waals surface area contributed by atoms with Crippen LogP contribution < -0.4 is 5.73 Å². The Labute approximate surface area is 96.5 Å². The van der Waals surface area contributed by atoms with E-state index in [1.807, 2.05) is 19.4 Å². The van der Waals surface area contributed by atoms with Crippen molar-refractivity contribution in [2.75, 3.05) is 11.5 Å². The molecule has 0 spiro atoms. The number of imidazole rings is 1. The molecule has 0 aromatic carbocycles. The van der Waals surface area contributed by atoms with Gasteiger partial charge in [0.25, 0.3) is 0 Å². The number of thiazole rings is 1. The summed E-state index contributed by atoms with van der Waals surface area (Å²) >= 11 is 3.35. The third-order valence-electron chi connectivity index (χ3n) is 1.91. The summed E-state index contributed by atoms with van der Waals surface area (Å²) in [6.07, 6.45) is 5.59. The zero-order chi connectivity index (χ0) is 10.7. The van der Waals surface area contributed by atoms with Gasteiger partial charge in [0, 0.05) is 24.7 Å². The Morgan fingerprint density at radius 1 is 1.60 bits per heavy atom. The van der Waals surface area contributed by atoms with Crippen LogP contribution in [-0.4, -0.2) is 20.3 Å². The first-order valence-electron chi connectivity index (χ1n) is 4.57. The maximum Gasteiger partial charge on any atom is 0.181 e. The van der Waals surface area contributed by atoms with Crippen molar-refractivity contribution in [1.82, 2.24) is 14.5 Å². The second-order valence-corrected chi connectivity index (χ2v) is 5.47. The van der Waals surface area contributed by atoms with Gasteiger partial charge < -0.3 is 10.3 Å². The lowest BCUT2D eigenvalue weighted by atomic mass is 10.6. The van der Waals surface area contributed by atoms with Crippen LogP contribution in [0.5, 0.6) is 0 Å². The normalized spacial score (nSPS) is 10.7. The molecular weight excluding hydrogens is 228 g/mol. The number of hydrogen-bond acceptors (Lipinski definition) is 5. The predicted octanol–water partition coefficient (Wildman–Crippen LogP) is 2.02. The van der Waals surface area contributed by atoms with Crippen LogP contribution in [0.3, 0.4) is 0 Å². The molecule has 0 atom stereocenters. The van der Waals surface area contributed by atoms with E-state index in [0.29, 0.717) is 5.13 Å². The smallest absolute Gasteiger partial charge is 0.181 e. The Hall–Kier alpha value is -1.01. The van der Waals surface area contributed by atoms with Crippen LogP contribution in [0, 0.1) is 6.92 Å². The fraction of sp³-hybridized carbons (Fsp3) is 0.333. The highest BCUT2D eigenvalue weighted by atomic mass is 32.2. The zero-order valence-corrected chi connectivity index (χ0v) is 10.0. The minimum Gasteiger partial charge on any atom is -0.375 e. The molecule has 0 bridgehead atoms. The number of aryl methyl sites for hydroxylation is 2. The molecule has 4 nitrogen and oxygen atoms in total. The fourth-order valence-electron chi connectivity index (χ4n) is 1.20. The molecule has 0 amide bonds. The number of thioether (sulfide) groups is 1. The van der Waals surface area contributed by atoms with E-state index in [4.69, 9.17) is 5.73 Å². The summed E-state index contributed by atoms with van der Waals surface area (Å²) in [5.41, 5.74) is 6.66. The summed E-state index contributed by atoms with van der Waals surface area (Å²) in [4.78, 5) is 8.18. The molecule has 2 rings (SSSR count). The Morgan fingerprint density at radius 3 is 3.07 bits per heavy atom. The van der Waals surface area contributed by atoms with Crippen molar-refractivity contribution in [3.05, 3.63) is 24.4 Å². The molecule has 0 unspecified atom stereocenters. The second kappa shape index (κ2) is 4.67. The average Bonchev–Trinajstić information content (AvgIpc) is 2.77. The molecule has 0 aliphatic rings. The molecular formula is C9H12N4S2. The highest BCUT2D eigenvalue weighted by Crippen LogP contribution is 2.30. The first kappa shape index (κ1) is 10.5. The average molecular weight is 240 g/mol. The van der Waals surface area contributed by atoms with Crippen LogP contribution in [0.25, 0.3) is 0 Å². The molecule has 15 heavy (non-hydrogen) atoms. The second-order valence-electron chi connectivity index (χ2n) is 3.07. The molecule has 80 valence electrons. The number of hydrogen-bond donors (Lipinski definition) is 1. The molecule has 0 radical (unpaired) electrons. The van der Waals surface area contributed by atoms with E-state index in [-0.39, 0.29) is 0 Å². The monoisotopic (exact) mass is 240 g/mol. The standard InChI is InChI=1S/C9H12N4S2/c1-7-8(15-9(10)12-7)14-5-4-13-3-2-11-6-13/h2-3,6H,4-5H2,1H3,(H2,10,12). The van der Waals surface area contributed by atoms with E-state index in [9.17, 15) is 0 Å². The molecule has 0 aliphatic heterocycles. The van der Waals surface area contributed by atoms with Crippen LogP contribution >= 0.6 is 23.1 Å². The van der Waals surface area contributed by atoms with Crippen molar-refractivity contribution in [3.63, 3.8) is 0 Å². The Bertz CT molecular complexity index is 421. The van der Waals surface area contributed by atoms with Gasteiger partial charge in [-0.2, -0.15) is 0 Å². The number of nitrogens with zero attached hydrogens (tertiary/aromatic N) is 3. The van der Waals surface area contributed by atoms with Gasteiger partial charge >= 0.3 is 0 Å². The summed E-state index contributed by atoms with van der Waals surface area (Å²) in [6.45, 7) is 2.95. The van der Waals surface area contributed by atoms with Gasteiger partial charge in [-0.05, 0) is 6.92 Å². The maximum absolute atomic E-state index is 5.62. The van der Waals surface area contributed by atoms with Gasteiger partial charge in [-0.3, -0.25) is 0 Å². The molecule has 0 fully saturated rings. The van der Waals surface area contributed by atoms with Gasteiger partial charge in [0.2, 0.25) is 0 Å². The largest absolute Gasteiger partial charge is 0.375 e. The SMILES string of the molecule is Cc1nc(N)sc1SCCn1ccnc1. The Morgan fingerprint density at radius 2 is 2.47 bits per heavy atom. The molecule has 0 saturated heterocycles. The molecule has 2 N–H and O–H groups in total. The van der Waals surface area contributed by atoms with Crippen molar-refractivity contribution in [2.24, 2.45) is 0 Å². The topological polar surface area (TPSA) is 56.7 Å². The molecule has 0 saturated carbocycles. The van der Waals surface area contributed by atoms with Crippen molar-refractivity contribution >= 4 is 28.2 Å². The van der Waals surface area contributed by atoms with Crippen LogP contribution in [0.15, 0.2) is 22.9 Å². The van der Waals surface area contributed by atoms with Crippen LogP contribution in [-0.2, 0) is 6.54 Å². The Balaban J connectivity index is 1.86. The number of nitrogen functional groups attached to an aromatic ring is 1. The lowest BCUT2D eigenvalue weighted by molar-refractivity contribution is 0.770. The van der Waals surface area contributed by atoms with Gasteiger partial charge in [-0.25, -0.2) is 9.97 Å². The summed E-state index contributed by atoms with van der Waals surface area (Å²) in [6, 6.07) is 0. The number of nitrogens with two attached hydrogens (primary N) is 1. The van der Waals surface area contributed by atoms with Gasteiger partial charge in [0.1, 0.15) is 0 Å². The molecule has 6 heteroatoms. The predicted molar refractivity (Wildman–Crippen MR) is 64.2 cm³/mol. The van der Waals surface area contributed by atoms with E-state index < -0.39 is 0 Å². The molecule has 2 aromatic heterocycles. The Kier molecular flexibility index (Phi) is 3.27. The summed E-state index contributed by atoms with van der Waals surface area (Å²) in [5, 5.41) is 0.651. The third-order valence-corrected chi connectivity index (χ3v) is 4.24. The van der Waals surface area contributed by atoms with Crippen LogP contribution in [0.4, 0.5) is 5.13 Å². The van der Waals surface area contributed by atoms with Crippen molar-refractivity contribution in [3.8, 4) is 0 Å². The van der Waals surface area contributed by atoms with E-state index in [1.54, 1.807) is 29.3 Å². The zero-order valence-electron chi connectivity index (χ0n) is 8.38. The van der Waals surface area contributed by atoms with Gasteiger partial charge in [0.05, 0.1) is 16.2 Å². The van der Waals surface area contributed by atoms with E-state index >= 15 is 0 Å². The third kappa shape index (κ3) is 2.73. The maximum atomic E-state index is 5.62. The molecule has 2 aromatic rings. The van der Waals surface area contributed by atoms with Gasteiger partial charge in [-0.1, -0.05) is 11.3 Å². The van der Waals surface area contributed by atoms with E-state index in [1.165, 1.54) is 4.21 Å². The quantitative estimate of drug-likeness (QED) is 0.831. The van der Waals surface area contributed by atoms with Crippen LogP contribution in [0.1, 0.15) is 5.69 Å². The number of aromatic nitrogens is 3. The van der Waals surface area contributed by atoms with Crippen LogP contribution in [0.2, 0.25) is 0 Å².